The van der Waals surface area contributed by atoms with Gasteiger partial charge in [0.25, 0.3) is 0 Å². The average molecular weight is 274 g/mol. The van der Waals surface area contributed by atoms with Gasteiger partial charge < -0.3 is 9.84 Å². The molecular formula is C16H15FO3. The molecule has 0 saturated carbocycles. The third-order valence-electron chi connectivity index (χ3n) is 2.93. The van der Waals surface area contributed by atoms with Gasteiger partial charge in [0.05, 0.1) is 6.42 Å². The molecule has 104 valence electrons. The van der Waals surface area contributed by atoms with Crippen LogP contribution in [-0.2, 0) is 17.8 Å². The van der Waals surface area contributed by atoms with Crippen LogP contribution in [0.2, 0.25) is 0 Å². The third kappa shape index (κ3) is 3.57. The van der Waals surface area contributed by atoms with E-state index in [1.54, 1.807) is 36.4 Å². The minimum Gasteiger partial charge on any atom is -0.486 e. The van der Waals surface area contributed by atoms with E-state index in [4.69, 9.17) is 9.84 Å². The van der Waals surface area contributed by atoms with Crippen molar-refractivity contribution in [2.75, 3.05) is 0 Å². The minimum atomic E-state index is -0.904. The molecule has 0 heterocycles. The predicted molar refractivity (Wildman–Crippen MR) is 73.3 cm³/mol. The van der Waals surface area contributed by atoms with Gasteiger partial charge >= 0.3 is 5.97 Å². The number of ether oxygens (including phenoxy) is 1. The molecule has 0 aliphatic heterocycles. The maximum absolute atomic E-state index is 13.6. The standard InChI is InChI=1S/C16H15FO3/c1-11-6-7-14(17)15(8-11)20-10-13-5-3-2-4-12(13)9-16(18)19/h2-8H,9-10H2,1H3,(H,18,19). The molecule has 0 fully saturated rings. The van der Waals surface area contributed by atoms with E-state index >= 15 is 0 Å². The van der Waals surface area contributed by atoms with E-state index in [0.717, 1.165) is 11.1 Å². The van der Waals surface area contributed by atoms with Crippen LogP contribution in [0.15, 0.2) is 42.5 Å². The highest BCUT2D eigenvalue weighted by Crippen LogP contribution is 2.20. The van der Waals surface area contributed by atoms with E-state index in [2.05, 4.69) is 0 Å². The molecule has 20 heavy (non-hydrogen) atoms. The van der Waals surface area contributed by atoms with Crippen LogP contribution in [-0.4, -0.2) is 11.1 Å². The van der Waals surface area contributed by atoms with Crippen molar-refractivity contribution < 1.29 is 19.0 Å². The predicted octanol–water partition coefficient (Wildman–Crippen LogP) is 3.34. The number of rotatable bonds is 5. The van der Waals surface area contributed by atoms with Gasteiger partial charge in [0.15, 0.2) is 11.6 Å². The summed E-state index contributed by atoms with van der Waals surface area (Å²) in [5, 5.41) is 8.86. The Hall–Kier alpha value is -2.36. The minimum absolute atomic E-state index is 0.0736. The van der Waals surface area contributed by atoms with Crippen molar-refractivity contribution in [2.45, 2.75) is 20.0 Å². The lowest BCUT2D eigenvalue weighted by molar-refractivity contribution is -0.136. The number of benzene rings is 2. The third-order valence-corrected chi connectivity index (χ3v) is 2.93. The van der Waals surface area contributed by atoms with Gasteiger partial charge in [-0.3, -0.25) is 4.79 Å². The topological polar surface area (TPSA) is 46.5 Å². The van der Waals surface area contributed by atoms with Crippen LogP contribution in [0.4, 0.5) is 4.39 Å². The average Bonchev–Trinajstić information content (AvgIpc) is 2.41. The van der Waals surface area contributed by atoms with Gasteiger partial charge in [0.2, 0.25) is 0 Å². The summed E-state index contributed by atoms with van der Waals surface area (Å²) in [7, 11) is 0. The fourth-order valence-electron chi connectivity index (χ4n) is 1.91. The molecule has 2 aromatic rings. The van der Waals surface area contributed by atoms with Crippen molar-refractivity contribution in [3.63, 3.8) is 0 Å². The normalized spacial score (nSPS) is 10.3. The van der Waals surface area contributed by atoms with Crippen molar-refractivity contribution in [1.29, 1.82) is 0 Å². The maximum Gasteiger partial charge on any atom is 0.307 e. The van der Waals surface area contributed by atoms with Crippen molar-refractivity contribution in [1.82, 2.24) is 0 Å². The number of carbonyl (C=O) groups is 1. The van der Waals surface area contributed by atoms with Gasteiger partial charge in [0.1, 0.15) is 6.61 Å². The van der Waals surface area contributed by atoms with Crippen molar-refractivity contribution >= 4 is 5.97 Å². The van der Waals surface area contributed by atoms with Crippen LogP contribution in [0.25, 0.3) is 0 Å². The largest absolute Gasteiger partial charge is 0.486 e. The Kier molecular flexibility index (Phi) is 4.35. The molecule has 1 N–H and O–H groups in total. The van der Waals surface area contributed by atoms with Crippen LogP contribution in [0.1, 0.15) is 16.7 Å². The second-order valence-electron chi connectivity index (χ2n) is 4.56. The second-order valence-corrected chi connectivity index (χ2v) is 4.56. The number of aryl methyl sites for hydroxylation is 1. The fraction of sp³-hybridized carbons (Fsp3) is 0.188. The van der Waals surface area contributed by atoms with Crippen LogP contribution in [0.5, 0.6) is 5.75 Å². The van der Waals surface area contributed by atoms with Gasteiger partial charge in [0, 0.05) is 0 Å². The first-order valence-corrected chi connectivity index (χ1v) is 6.24. The lowest BCUT2D eigenvalue weighted by Gasteiger charge is -2.11. The zero-order chi connectivity index (χ0) is 14.5. The first-order chi connectivity index (χ1) is 9.56. The highest BCUT2D eigenvalue weighted by atomic mass is 19.1. The smallest absolute Gasteiger partial charge is 0.307 e. The van der Waals surface area contributed by atoms with Crippen LogP contribution in [0.3, 0.4) is 0 Å². The molecule has 0 saturated heterocycles. The van der Waals surface area contributed by atoms with Gasteiger partial charge in [-0.25, -0.2) is 4.39 Å². The Balaban J connectivity index is 2.14. The number of hydrogen-bond acceptors (Lipinski definition) is 2. The van der Waals surface area contributed by atoms with Crippen LogP contribution >= 0.6 is 0 Å². The molecule has 2 aromatic carbocycles. The second kappa shape index (κ2) is 6.19. The summed E-state index contributed by atoms with van der Waals surface area (Å²) in [6, 6.07) is 11.7. The molecule has 0 aromatic heterocycles. The SMILES string of the molecule is Cc1ccc(F)c(OCc2ccccc2CC(=O)O)c1. The Morgan fingerprint density at radius 2 is 1.90 bits per heavy atom. The molecule has 0 spiro atoms. The summed E-state index contributed by atoms with van der Waals surface area (Å²) in [6.45, 7) is 1.99. The monoisotopic (exact) mass is 274 g/mol. The first kappa shape index (κ1) is 14.1. The highest BCUT2D eigenvalue weighted by Gasteiger charge is 2.08. The molecule has 0 aliphatic rings. The number of aliphatic carboxylic acids is 1. The molecular weight excluding hydrogens is 259 g/mol. The van der Waals surface area contributed by atoms with Crippen molar-refractivity contribution in [3.8, 4) is 5.75 Å². The van der Waals surface area contributed by atoms with Gasteiger partial charge in [-0.1, -0.05) is 30.3 Å². The molecule has 0 atom stereocenters. The van der Waals surface area contributed by atoms with Crippen molar-refractivity contribution in [3.05, 3.63) is 65.0 Å². The number of halogens is 1. The molecule has 0 radical (unpaired) electrons. The van der Waals surface area contributed by atoms with E-state index in [0.29, 0.717) is 5.56 Å². The summed E-state index contributed by atoms with van der Waals surface area (Å²) >= 11 is 0. The zero-order valence-corrected chi connectivity index (χ0v) is 11.1. The van der Waals surface area contributed by atoms with Crippen LogP contribution < -0.4 is 4.74 Å². The maximum atomic E-state index is 13.6. The van der Waals surface area contributed by atoms with Crippen LogP contribution in [0, 0.1) is 12.7 Å². The van der Waals surface area contributed by atoms with Gasteiger partial charge in [-0.15, -0.1) is 0 Å². The molecule has 0 aliphatic carbocycles. The van der Waals surface area contributed by atoms with Gasteiger partial charge in [-0.2, -0.15) is 0 Å². The van der Waals surface area contributed by atoms with E-state index < -0.39 is 11.8 Å². The molecule has 3 nitrogen and oxygen atoms in total. The lowest BCUT2D eigenvalue weighted by Crippen LogP contribution is -2.06. The highest BCUT2D eigenvalue weighted by molar-refractivity contribution is 5.70. The Labute approximate surface area is 116 Å². The van der Waals surface area contributed by atoms with E-state index in [-0.39, 0.29) is 18.8 Å². The van der Waals surface area contributed by atoms with E-state index in [1.165, 1.54) is 6.07 Å². The molecule has 0 amide bonds. The Bertz CT molecular complexity index is 623. The number of carboxylic acid groups (broad SMARTS) is 1. The molecule has 0 bridgehead atoms. The lowest BCUT2D eigenvalue weighted by atomic mass is 10.1. The number of carboxylic acids is 1. The van der Waals surface area contributed by atoms with Gasteiger partial charge in [-0.05, 0) is 35.7 Å². The van der Waals surface area contributed by atoms with E-state index in [1.807, 2.05) is 6.92 Å². The summed E-state index contributed by atoms with van der Waals surface area (Å²) in [4.78, 5) is 10.8. The summed E-state index contributed by atoms with van der Waals surface area (Å²) in [5.41, 5.74) is 2.32. The summed E-state index contributed by atoms with van der Waals surface area (Å²) < 4.78 is 19.0. The number of hydrogen-bond donors (Lipinski definition) is 1. The van der Waals surface area contributed by atoms with E-state index in [9.17, 15) is 9.18 Å². The first-order valence-electron chi connectivity index (χ1n) is 6.24. The van der Waals surface area contributed by atoms with Crippen molar-refractivity contribution in [2.24, 2.45) is 0 Å². The fourth-order valence-corrected chi connectivity index (χ4v) is 1.91. The quantitative estimate of drug-likeness (QED) is 0.909. The Morgan fingerprint density at radius 1 is 1.20 bits per heavy atom. The Morgan fingerprint density at radius 3 is 2.60 bits per heavy atom. The summed E-state index contributed by atoms with van der Waals surface area (Å²) in [6.07, 6.45) is -0.0736. The molecule has 0 unspecified atom stereocenters. The molecule has 4 heteroatoms. The molecule has 2 rings (SSSR count). The zero-order valence-electron chi connectivity index (χ0n) is 11.1. The summed E-state index contributed by atoms with van der Waals surface area (Å²) in [5.74, 6) is -1.15.